The zero-order valence-electron chi connectivity index (χ0n) is 22.1. The Kier molecular flexibility index (Phi) is 12.2. The van der Waals surface area contributed by atoms with Gasteiger partial charge in [-0.15, -0.1) is 0 Å². The largest absolute Gasteiger partial charge is 0.508 e. The van der Waals surface area contributed by atoms with Gasteiger partial charge in [-0.1, -0.05) is 62.2 Å². The Hall–Kier alpha value is -3.92. The van der Waals surface area contributed by atoms with Crippen molar-refractivity contribution in [2.45, 2.75) is 64.1 Å². The van der Waals surface area contributed by atoms with E-state index >= 15 is 0 Å². The van der Waals surface area contributed by atoms with Crippen LogP contribution in [0.5, 0.6) is 5.75 Å². The van der Waals surface area contributed by atoms with Gasteiger partial charge in [0.1, 0.15) is 17.8 Å². The van der Waals surface area contributed by atoms with E-state index in [1.54, 1.807) is 12.1 Å². The van der Waals surface area contributed by atoms with Crippen molar-refractivity contribution in [1.82, 2.24) is 15.5 Å². The molecule has 0 fully saturated rings. The minimum Gasteiger partial charge on any atom is -0.508 e. The van der Waals surface area contributed by atoms with E-state index in [4.69, 9.17) is 11.5 Å². The van der Waals surface area contributed by atoms with Crippen molar-refractivity contribution < 1.29 is 24.3 Å². The van der Waals surface area contributed by atoms with E-state index in [2.05, 4.69) is 10.6 Å². The Morgan fingerprint density at radius 3 is 2.16 bits per heavy atom. The summed E-state index contributed by atoms with van der Waals surface area (Å²) in [5, 5.41) is 14.5. The summed E-state index contributed by atoms with van der Waals surface area (Å²) in [5.41, 5.74) is 13.3. The number of unbranched alkanes of at least 4 members (excludes halogenated alkanes) is 2. The number of aromatic hydroxyl groups is 1. The van der Waals surface area contributed by atoms with Gasteiger partial charge < -0.3 is 32.1 Å². The molecule has 2 aromatic rings. The average Bonchev–Trinajstić information content (AvgIpc) is 2.90. The van der Waals surface area contributed by atoms with Crippen molar-refractivity contribution in [3.05, 3.63) is 65.7 Å². The minimum absolute atomic E-state index is 0.109. The molecule has 206 valence electrons. The fourth-order valence-corrected chi connectivity index (χ4v) is 3.97. The standard InChI is InChI=1S/C28H39N5O5/c1-3-4-8-15-33(24(26(30)36)17-20-9-6-5-7-10-20)25(35)18-31-27(37)19(2)32-28(38)23(29)16-21-11-13-22(34)14-12-21/h5-7,9-14,19,23-24,34H,3-4,8,15-18,29H2,1-2H3,(H2,30,36)(H,31,37)(H,32,38)/t19-,23+,24+/m1/s1. The van der Waals surface area contributed by atoms with Crippen LogP contribution in [0.3, 0.4) is 0 Å². The first kappa shape index (κ1) is 30.3. The first-order chi connectivity index (χ1) is 18.1. The molecule has 0 radical (unpaired) electrons. The normalized spacial score (nSPS) is 13.1. The molecule has 10 nitrogen and oxygen atoms in total. The van der Waals surface area contributed by atoms with Crippen LogP contribution in [0.25, 0.3) is 0 Å². The monoisotopic (exact) mass is 525 g/mol. The van der Waals surface area contributed by atoms with Gasteiger partial charge in [-0.3, -0.25) is 19.2 Å². The lowest BCUT2D eigenvalue weighted by atomic mass is 10.0. The molecule has 0 aromatic heterocycles. The van der Waals surface area contributed by atoms with E-state index in [0.29, 0.717) is 13.0 Å². The van der Waals surface area contributed by atoms with Gasteiger partial charge in [0.15, 0.2) is 0 Å². The molecule has 0 aliphatic rings. The van der Waals surface area contributed by atoms with Crippen LogP contribution in [0.4, 0.5) is 0 Å². The molecule has 0 saturated carbocycles. The van der Waals surface area contributed by atoms with Crippen molar-refractivity contribution in [3.63, 3.8) is 0 Å². The number of carbonyl (C=O) groups excluding carboxylic acids is 4. The molecular weight excluding hydrogens is 486 g/mol. The zero-order chi connectivity index (χ0) is 28.1. The number of hydrogen-bond donors (Lipinski definition) is 5. The summed E-state index contributed by atoms with van der Waals surface area (Å²) >= 11 is 0. The number of nitrogens with two attached hydrogens (primary N) is 2. The summed E-state index contributed by atoms with van der Waals surface area (Å²) in [6.45, 7) is 3.52. The highest BCUT2D eigenvalue weighted by molar-refractivity contribution is 5.93. The van der Waals surface area contributed by atoms with Crippen LogP contribution in [-0.2, 0) is 32.0 Å². The molecule has 0 heterocycles. The van der Waals surface area contributed by atoms with E-state index in [-0.39, 0.29) is 25.1 Å². The molecule has 2 rings (SSSR count). The maximum absolute atomic E-state index is 13.1. The Labute approximate surface area is 223 Å². The summed E-state index contributed by atoms with van der Waals surface area (Å²) in [5.74, 6) is -2.02. The Morgan fingerprint density at radius 2 is 1.55 bits per heavy atom. The molecule has 0 aliphatic carbocycles. The number of primary amides is 1. The molecule has 0 unspecified atom stereocenters. The molecule has 0 saturated heterocycles. The topological polar surface area (TPSA) is 168 Å². The predicted molar refractivity (Wildman–Crippen MR) is 145 cm³/mol. The lowest BCUT2D eigenvalue weighted by Crippen LogP contribution is -2.54. The molecule has 2 aromatic carbocycles. The summed E-state index contributed by atoms with van der Waals surface area (Å²) in [7, 11) is 0. The third-order valence-electron chi connectivity index (χ3n) is 6.19. The predicted octanol–water partition coefficient (Wildman–Crippen LogP) is 0.998. The van der Waals surface area contributed by atoms with Crippen molar-refractivity contribution in [2.24, 2.45) is 11.5 Å². The number of carbonyl (C=O) groups is 4. The quantitative estimate of drug-likeness (QED) is 0.217. The number of hydrogen-bond acceptors (Lipinski definition) is 6. The molecule has 7 N–H and O–H groups in total. The number of benzene rings is 2. The smallest absolute Gasteiger partial charge is 0.242 e. The van der Waals surface area contributed by atoms with Crippen LogP contribution < -0.4 is 22.1 Å². The van der Waals surface area contributed by atoms with Crippen molar-refractivity contribution >= 4 is 23.6 Å². The Morgan fingerprint density at radius 1 is 0.921 bits per heavy atom. The highest BCUT2D eigenvalue weighted by Crippen LogP contribution is 2.12. The third kappa shape index (κ3) is 9.85. The molecule has 4 amide bonds. The van der Waals surface area contributed by atoms with Crippen LogP contribution in [0.1, 0.15) is 44.2 Å². The minimum atomic E-state index is -0.939. The highest BCUT2D eigenvalue weighted by Gasteiger charge is 2.29. The number of nitrogens with zero attached hydrogens (tertiary/aromatic N) is 1. The van der Waals surface area contributed by atoms with E-state index in [0.717, 1.165) is 24.0 Å². The van der Waals surface area contributed by atoms with Gasteiger partial charge >= 0.3 is 0 Å². The third-order valence-corrected chi connectivity index (χ3v) is 6.19. The lowest BCUT2D eigenvalue weighted by molar-refractivity contribution is -0.140. The number of amides is 4. The van der Waals surface area contributed by atoms with Gasteiger partial charge in [0.2, 0.25) is 23.6 Å². The van der Waals surface area contributed by atoms with Gasteiger partial charge in [-0.2, -0.15) is 0 Å². The van der Waals surface area contributed by atoms with E-state index in [1.165, 1.54) is 24.0 Å². The van der Waals surface area contributed by atoms with Crippen LogP contribution >= 0.6 is 0 Å². The Bertz CT molecular complexity index is 1060. The number of rotatable bonds is 15. The van der Waals surface area contributed by atoms with Crippen LogP contribution in [0, 0.1) is 0 Å². The molecule has 38 heavy (non-hydrogen) atoms. The SMILES string of the molecule is CCCCCN(C(=O)CNC(=O)[C@@H](C)NC(=O)[C@@H](N)Cc1ccc(O)cc1)[C@@H](Cc1ccccc1)C(N)=O. The van der Waals surface area contributed by atoms with Gasteiger partial charge in [0.25, 0.3) is 0 Å². The molecule has 0 aliphatic heterocycles. The molecule has 10 heteroatoms. The number of phenolic OH excluding ortho intramolecular Hbond substituents is 1. The highest BCUT2D eigenvalue weighted by atomic mass is 16.3. The number of phenols is 1. The van der Waals surface area contributed by atoms with Crippen LogP contribution in [0.15, 0.2) is 54.6 Å². The second-order valence-corrected chi connectivity index (χ2v) is 9.33. The second kappa shape index (κ2) is 15.4. The van der Waals surface area contributed by atoms with Crippen molar-refractivity contribution in [1.29, 1.82) is 0 Å². The van der Waals surface area contributed by atoms with Crippen LogP contribution in [0.2, 0.25) is 0 Å². The van der Waals surface area contributed by atoms with Crippen LogP contribution in [-0.4, -0.2) is 64.9 Å². The summed E-state index contributed by atoms with van der Waals surface area (Å²) in [4.78, 5) is 52.0. The molecular formula is C28H39N5O5. The first-order valence-electron chi connectivity index (χ1n) is 12.9. The van der Waals surface area contributed by atoms with Gasteiger partial charge in [-0.25, -0.2) is 0 Å². The van der Waals surface area contributed by atoms with E-state index < -0.39 is 41.8 Å². The second-order valence-electron chi connectivity index (χ2n) is 9.33. The maximum atomic E-state index is 13.1. The van der Waals surface area contributed by atoms with E-state index in [9.17, 15) is 24.3 Å². The average molecular weight is 526 g/mol. The van der Waals surface area contributed by atoms with Gasteiger partial charge in [-0.05, 0) is 43.0 Å². The number of nitrogens with one attached hydrogen (secondary N) is 2. The first-order valence-corrected chi connectivity index (χ1v) is 12.9. The van der Waals surface area contributed by atoms with Gasteiger partial charge in [0.05, 0.1) is 12.6 Å². The fraction of sp³-hybridized carbons (Fsp3) is 0.429. The zero-order valence-corrected chi connectivity index (χ0v) is 22.1. The molecule has 3 atom stereocenters. The molecule has 0 spiro atoms. The molecule has 0 bridgehead atoms. The summed E-state index contributed by atoms with van der Waals surface area (Å²) in [6.07, 6.45) is 3.00. The van der Waals surface area contributed by atoms with Crippen molar-refractivity contribution in [3.8, 4) is 5.75 Å². The van der Waals surface area contributed by atoms with Gasteiger partial charge in [0, 0.05) is 13.0 Å². The lowest BCUT2D eigenvalue weighted by Gasteiger charge is -2.30. The van der Waals surface area contributed by atoms with Crippen molar-refractivity contribution in [2.75, 3.05) is 13.1 Å². The maximum Gasteiger partial charge on any atom is 0.242 e. The summed E-state index contributed by atoms with van der Waals surface area (Å²) in [6, 6.07) is 12.9. The Balaban J connectivity index is 1.96. The summed E-state index contributed by atoms with van der Waals surface area (Å²) < 4.78 is 0. The fourth-order valence-electron chi connectivity index (χ4n) is 3.97. The van der Waals surface area contributed by atoms with E-state index in [1.807, 2.05) is 37.3 Å².